The van der Waals surface area contributed by atoms with E-state index in [-0.39, 0.29) is 36.0 Å². The van der Waals surface area contributed by atoms with Crippen molar-refractivity contribution in [3.63, 3.8) is 0 Å². The molecule has 0 radical (unpaired) electrons. The number of rotatable bonds is 13. The third-order valence-corrected chi connectivity index (χ3v) is 5.54. The summed E-state index contributed by atoms with van der Waals surface area (Å²) in [7, 11) is -4.42. The minimum atomic E-state index is -4.42. The van der Waals surface area contributed by atoms with Gasteiger partial charge in [0, 0.05) is 0 Å². The molecule has 21 heavy (non-hydrogen) atoms. The molecule has 122 valence electrons. The number of aliphatic hydroxyl groups excluding tert-OH is 1. The van der Waals surface area contributed by atoms with Crippen LogP contribution >= 0.6 is 0 Å². The van der Waals surface area contributed by atoms with Crippen LogP contribution in [0.5, 0.6) is 0 Å². The summed E-state index contributed by atoms with van der Waals surface area (Å²) < 4.78 is 31.7. The van der Waals surface area contributed by atoms with Crippen LogP contribution in [0, 0.1) is 0 Å². The van der Waals surface area contributed by atoms with Crippen molar-refractivity contribution in [3.8, 4) is 0 Å². The minimum absolute atomic E-state index is 0. The Labute approximate surface area is 153 Å². The molecule has 0 bridgehead atoms. The first kappa shape index (κ1) is 24.1. The van der Waals surface area contributed by atoms with Gasteiger partial charge in [0.25, 0.3) is 0 Å². The molecule has 0 fully saturated rings. The normalized spacial score (nSPS) is 14.5. The third kappa shape index (κ3) is 11.1. The SMILES string of the molecule is CCCCCCCCCCCCC(C)(CO)S(=O)(=O)[O-].[Na+]. The molecule has 1 unspecified atom stereocenters. The maximum Gasteiger partial charge on any atom is 1.00 e. The monoisotopic (exact) mass is 330 g/mol. The third-order valence-electron chi connectivity index (χ3n) is 4.00. The molecule has 0 aromatic rings. The van der Waals surface area contributed by atoms with E-state index in [1.165, 1.54) is 51.9 Å². The Bertz CT molecular complexity index is 333. The van der Waals surface area contributed by atoms with Gasteiger partial charge in [-0.25, -0.2) is 8.42 Å². The van der Waals surface area contributed by atoms with Crippen molar-refractivity contribution < 1.29 is 47.6 Å². The first-order valence-electron chi connectivity index (χ1n) is 7.93. The topological polar surface area (TPSA) is 77.4 Å². The molecule has 0 aliphatic carbocycles. The fourth-order valence-corrected chi connectivity index (χ4v) is 2.82. The van der Waals surface area contributed by atoms with Gasteiger partial charge >= 0.3 is 29.6 Å². The predicted molar refractivity (Wildman–Crippen MR) is 81.6 cm³/mol. The van der Waals surface area contributed by atoms with E-state index < -0.39 is 21.5 Å². The molecule has 0 saturated carbocycles. The summed E-state index contributed by atoms with van der Waals surface area (Å²) in [6, 6.07) is 0. The van der Waals surface area contributed by atoms with Crippen LogP contribution in [-0.2, 0) is 10.1 Å². The summed E-state index contributed by atoms with van der Waals surface area (Å²) in [5.41, 5.74) is 0. The summed E-state index contributed by atoms with van der Waals surface area (Å²) in [6.07, 6.45) is 11.9. The van der Waals surface area contributed by atoms with Gasteiger partial charge in [-0.05, 0) is 13.3 Å². The maximum atomic E-state index is 11.1. The van der Waals surface area contributed by atoms with Crippen molar-refractivity contribution in [2.24, 2.45) is 0 Å². The molecule has 0 aliphatic heterocycles. The van der Waals surface area contributed by atoms with E-state index >= 15 is 0 Å². The Kier molecular flexibility index (Phi) is 15.3. The van der Waals surface area contributed by atoms with Gasteiger partial charge in [0.1, 0.15) is 10.1 Å². The predicted octanol–water partition coefficient (Wildman–Crippen LogP) is 0.598. The molecule has 0 aliphatic rings. The molecule has 1 atom stereocenters. The number of hydrogen-bond donors (Lipinski definition) is 1. The Balaban J connectivity index is 0. The first-order valence-corrected chi connectivity index (χ1v) is 9.34. The Morgan fingerprint density at radius 3 is 1.62 bits per heavy atom. The fraction of sp³-hybridized carbons (Fsp3) is 1.00. The summed E-state index contributed by atoms with van der Waals surface area (Å²) in [6.45, 7) is 2.96. The summed E-state index contributed by atoms with van der Waals surface area (Å²) in [5.74, 6) is 0. The van der Waals surface area contributed by atoms with Crippen LogP contribution in [0.25, 0.3) is 0 Å². The van der Waals surface area contributed by atoms with Gasteiger partial charge in [-0.2, -0.15) is 0 Å². The number of aliphatic hydroxyl groups is 1. The second-order valence-electron chi connectivity index (χ2n) is 5.99. The number of unbranched alkanes of at least 4 members (excludes halogenated alkanes) is 9. The summed E-state index contributed by atoms with van der Waals surface area (Å²) in [5, 5.41) is 9.09. The Morgan fingerprint density at radius 1 is 0.905 bits per heavy atom. The van der Waals surface area contributed by atoms with E-state index in [4.69, 9.17) is 5.11 Å². The van der Waals surface area contributed by atoms with E-state index in [1.807, 2.05) is 0 Å². The molecular weight excluding hydrogens is 299 g/mol. The standard InChI is InChI=1S/C15H32O4S.Na/c1-3-4-5-6-7-8-9-10-11-12-13-15(2,14-16)20(17,18)19;/h16H,3-14H2,1-2H3,(H,17,18,19);/q;+1/p-1. The van der Waals surface area contributed by atoms with Crippen molar-refractivity contribution >= 4 is 10.1 Å². The van der Waals surface area contributed by atoms with Crippen LogP contribution < -0.4 is 29.6 Å². The van der Waals surface area contributed by atoms with Crippen molar-refractivity contribution in [2.45, 2.75) is 89.2 Å². The molecule has 0 amide bonds. The van der Waals surface area contributed by atoms with Gasteiger partial charge in [-0.1, -0.05) is 71.1 Å². The molecule has 1 N–H and O–H groups in total. The quantitative estimate of drug-likeness (QED) is 0.305. The molecule has 0 rings (SSSR count). The van der Waals surface area contributed by atoms with Crippen molar-refractivity contribution in [3.05, 3.63) is 0 Å². The Hall–Kier alpha value is 0.870. The number of hydrogen-bond acceptors (Lipinski definition) is 4. The van der Waals surface area contributed by atoms with Crippen LogP contribution in [0.3, 0.4) is 0 Å². The first-order chi connectivity index (χ1) is 9.37. The van der Waals surface area contributed by atoms with Gasteiger partial charge in [0.2, 0.25) is 0 Å². The van der Waals surface area contributed by atoms with Gasteiger partial charge in [-0.3, -0.25) is 0 Å². The zero-order valence-electron chi connectivity index (χ0n) is 14.1. The van der Waals surface area contributed by atoms with Gasteiger partial charge in [0.05, 0.1) is 11.4 Å². The van der Waals surface area contributed by atoms with Crippen molar-refractivity contribution in [1.29, 1.82) is 0 Å². The van der Waals surface area contributed by atoms with Crippen LogP contribution in [0.1, 0.15) is 84.5 Å². The van der Waals surface area contributed by atoms with Crippen LogP contribution in [-0.4, -0.2) is 29.4 Å². The van der Waals surface area contributed by atoms with Gasteiger partial charge in [0.15, 0.2) is 0 Å². The average Bonchev–Trinajstić information content (AvgIpc) is 2.39. The van der Waals surface area contributed by atoms with Crippen LogP contribution in [0.2, 0.25) is 0 Å². The van der Waals surface area contributed by atoms with E-state index in [0.717, 1.165) is 12.8 Å². The summed E-state index contributed by atoms with van der Waals surface area (Å²) >= 11 is 0. The maximum absolute atomic E-state index is 11.1. The van der Waals surface area contributed by atoms with Gasteiger partial charge in [-0.15, -0.1) is 0 Å². The molecule has 0 heterocycles. The average molecular weight is 330 g/mol. The van der Waals surface area contributed by atoms with Gasteiger partial charge < -0.3 is 9.66 Å². The van der Waals surface area contributed by atoms with Crippen molar-refractivity contribution in [1.82, 2.24) is 0 Å². The molecule has 0 aromatic heterocycles. The molecule has 0 aromatic carbocycles. The largest absolute Gasteiger partial charge is 1.00 e. The molecular formula is C15H31NaO4S. The molecule has 4 nitrogen and oxygen atoms in total. The van der Waals surface area contributed by atoms with E-state index in [0.29, 0.717) is 6.42 Å². The zero-order valence-corrected chi connectivity index (χ0v) is 16.9. The second-order valence-corrected chi connectivity index (χ2v) is 7.89. The zero-order chi connectivity index (χ0) is 15.5. The minimum Gasteiger partial charge on any atom is -0.747 e. The molecule has 6 heteroatoms. The summed E-state index contributed by atoms with van der Waals surface area (Å²) in [4.78, 5) is 0. The van der Waals surface area contributed by atoms with E-state index in [1.54, 1.807) is 0 Å². The van der Waals surface area contributed by atoms with E-state index in [2.05, 4.69) is 6.92 Å². The van der Waals surface area contributed by atoms with Crippen LogP contribution in [0.15, 0.2) is 0 Å². The molecule has 0 spiro atoms. The Morgan fingerprint density at radius 2 is 1.29 bits per heavy atom. The van der Waals surface area contributed by atoms with Crippen molar-refractivity contribution in [2.75, 3.05) is 6.61 Å². The van der Waals surface area contributed by atoms with Crippen LogP contribution in [0.4, 0.5) is 0 Å². The fourth-order valence-electron chi connectivity index (χ4n) is 2.27. The smallest absolute Gasteiger partial charge is 0.747 e. The molecule has 0 saturated heterocycles. The van der Waals surface area contributed by atoms with E-state index in [9.17, 15) is 13.0 Å². The second kappa shape index (κ2) is 13.3.